The fourth-order valence-electron chi connectivity index (χ4n) is 1.61. The highest BCUT2D eigenvalue weighted by molar-refractivity contribution is 6.84. The molecule has 0 fully saturated rings. The van der Waals surface area contributed by atoms with Crippen LogP contribution in [0.1, 0.15) is 0 Å². The lowest BCUT2D eigenvalue weighted by Gasteiger charge is -2.21. The van der Waals surface area contributed by atoms with Crippen LogP contribution in [0.15, 0.2) is 46.8 Å². The highest BCUT2D eigenvalue weighted by atomic mass is 28.3. The van der Waals surface area contributed by atoms with Crippen LogP contribution in [-0.4, -0.2) is 16.1 Å². The van der Waals surface area contributed by atoms with E-state index in [9.17, 15) is 0 Å². The van der Waals surface area contributed by atoms with Gasteiger partial charge in [0.2, 0.25) is 0 Å². The number of rotatable bonds is 2. The van der Waals surface area contributed by atoms with Crippen LogP contribution < -0.4 is 0 Å². The third kappa shape index (κ3) is 3.76. The van der Waals surface area contributed by atoms with Crippen LogP contribution in [0.2, 0.25) is 39.3 Å². The molecule has 0 unspecified atom stereocenters. The average Bonchev–Trinajstić information content (AvgIpc) is 1.96. The maximum absolute atomic E-state index is 2.40. The SMILES string of the molecule is C[Si](C)(C)C1=C/C=C([Si](C)(C)C)\C=C/C=C\1. The minimum absolute atomic E-state index is 1.19. The van der Waals surface area contributed by atoms with Crippen LogP contribution in [0.25, 0.3) is 0 Å². The lowest BCUT2D eigenvalue weighted by Crippen LogP contribution is -2.24. The molecule has 0 aromatic rings. The van der Waals surface area contributed by atoms with Crippen molar-refractivity contribution in [3.63, 3.8) is 0 Å². The predicted octanol–water partition coefficient (Wildman–Crippen LogP) is 4.72. The minimum Gasteiger partial charge on any atom is -0.0656 e. The van der Waals surface area contributed by atoms with Crippen molar-refractivity contribution >= 4 is 16.1 Å². The first-order valence-corrected chi connectivity index (χ1v) is 13.0. The van der Waals surface area contributed by atoms with Crippen molar-refractivity contribution in [3.05, 3.63) is 46.8 Å². The van der Waals surface area contributed by atoms with E-state index in [0.717, 1.165) is 0 Å². The lowest BCUT2D eigenvalue weighted by atomic mass is 10.3. The maximum Gasteiger partial charge on any atom is 0.0775 e. The predicted molar refractivity (Wildman–Crippen MR) is 81.1 cm³/mol. The molecule has 0 radical (unpaired) electrons. The molecule has 0 spiro atoms. The molecule has 88 valence electrons. The summed E-state index contributed by atoms with van der Waals surface area (Å²) >= 11 is 0. The molecule has 0 amide bonds. The van der Waals surface area contributed by atoms with Gasteiger partial charge in [0.15, 0.2) is 0 Å². The van der Waals surface area contributed by atoms with Gasteiger partial charge in [0.25, 0.3) is 0 Å². The molecule has 0 aliphatic heterocycles. The summed E-state index contributed by atoms with van der Waals surface area (Å²) < 4.78 is 0. The fraction of sp³-hybridized carbons (Fsp3) is 0.429. The van der Waals surface area contributed by atoms with Gasteiger partial charge in [-0.2, -0.15) is 0 Å². The molecule has 1 rings (SSSR count). The van der Waals surface area contributed by atoms with Crippen LogP contribution >= 0.6 is 0 Å². The molecule has 0 saturated carbocycles. The van der Waals surface area contributed by atoms with Gasteiger partial charge >= 0.3 is 0 Å². The van der Waals surface area contributed by atoms with Crippen molar-refractivity contribution in [2.24, 2.45) is 0 Å². The van der Waals surface area contributed by atoms with Gasteiger partial charge in [-0.25, -0.2) is 0 Å². The first-order valence-electron chi connectivity index (χ1n) is 5.99. The molecule has 2 heteroatoms. The highest BCUT2D eigenvalue weighted by Gasteiger charge is 2.19. The summed E-state index contributed by atoms with van der Waals surface area (Å²) in [7, 11) is -2.38. The van der Waals surface area contributed by atoms with E-state index in [2.05, 4.69) is 75.7 Å². The molecule has 0 nitrogen and oxygen atoms in total. The summed E-state index contributed by atoms with van der Waals surface area (Å²) in [5, 5.41) is 3.07. The van der Waals surface area contributed by atoms with Crippen LogP contribution in [0.3, 0.4) is 0 Å². The molecule has 0 saturated heterocycles. The number of hydrogen-bond donors (Lipinski definition) is 0. The summed E-state index contributed by atoms with van der Waals surface area (Å²) in [4.78, 5) is 0. The van der Waals surface area contributed by atoms with Crippen molar-refractivity contribution in [3.8, 4) is 0 Å². The Labute approximate surface area is 102 Å². The van der Waals surface area contributed by atoms with Crippen molar-refractivity contribution in [2.75, 3.05) is 0 Å². The van der Waals surface area contributed by atoms with Gasteiger partial charge in [0.1, 0.15) is 0 Å². The third-order valence-electron chi connectivity index (χ3n) is 2.84. The average molecular weight is 249 g/mol. The Hall–Kier alpha value is -0.606. The van der Waals surface area contributed by atoms with Crippen molar-refractivity contribution in [1.82, 2.24) is 0 Å². The molecule has 1 aliphatic rings. The largest absolute Gasteiger partial charge is 0.0775 e. The second-order valence-corrected chi connectivity index (χ2v) is 16.6. The van der Waals surface area contributed by atoms with Gasteiger partial charge in [0, 0.05) is 0 Å². The summed E-state index contributed by atoms with van der Waals surface area (Å²) in [6.45, 7) is 14.4. The topological polar surface area (TPSA) is 0 Å². The van der Waals surface area contributed by atoms with Crippen LogP contribution in [0.5, 0.6) is 0 Å². The molecule has 1 aliphatic carbocycles. The van der Waals surface area contributed by atoms with Crippen molar-refractivity contribution in [1.29, 1.82) is 0 Å². The molecule has 0 aromatic carbocycles. The molecule has 0 heterocycles. The van der Waals surface area contributed by atoms with E-state index < -0.39 is 16.1 Å². The minimum atomic E-state index is -1.19. The summed E-state index contributed by atoms with van der Waals surface area (Å²) in [5.41, 5.74) is 0. The Morgan fingerprint density at radius 2 is 0.938 bits per heavy atom. The Morgan fingerprint density at radius 3 is 1.19 bits per heavy atom. The normalized spacial score (nSPS) is 28.1. The Morgan fingerprint density at radius 1 is 0.625 bits per heavy atom. The van der Waals surface area contributed by atoms with Gasteiger partial charge in [-0.15, -0.1) is 0 Å². The van der Waals surface area contributed by atoms with Crippen LogP contribution in [0.4, 0.5) is 0 Å². The van der Waals surface area contributed by atoms with Gasteiger partial charge < -0.3 is 0 Å². The molecular formula is C14H24Si2. The summed E-state index contributed by atoms with van der Waals surface area (Å²) in [6.07, 6.45) is 13.6. The molecule has 16 heavy (non-hydrogen) atoms. The first kappa shape index (κ1) is 13.5. The third-order valence-corrected chi connectivity index (χ3v) is 6.97. The van der Waals surface area contributed by atoms with Crippen LogP contribution in [0, 0.1) is 0 Å². The highest BCUT2D eigenvalue weighted by Crippen LogP contribution is 2.21. The second kappa shape index (κ2) is 4.72. The zero-order valence-electron chi connectivity index (χ0n) is 11.5. The van der Waals surface area contributed by atoms with E-state index >= 15 is 0 Å². The number of hydrogen-bond acceptors (Lipinski definition) is 0. The van der Waals surface area contributed by atoms with Crippen molar-refractivity contribution in [2.45, 2.75) is 39.3 Å². The Kier molecular flexibility index (Phi) is 3.97. The van der Waals surface area contributed by atoms with Gasteiger partial charge in [0.05, 0.1) is 16.1 Å². The standard InChI is InChI=1S/C14H24Si2/c1-15(2,3)13-9-7-8-10-14(12-11-13)16(4,5)6/h7-12H,1-6H3/b8-7?,9-7-,10-8-,12-11?,13-9?,13-11+,14-10?,14-12+. The monoisotopic (exact) mass is 248 g/mol. The molecule has 0 aromatic heterocycles. The summed E-state index contributed by atoms with van der Waals surface area (Å²) in [6, 6.07) is 0. The lowest BCUT2D eigenvalue weighted by molar-refractivity contribution is 1.58. The quantitative estimate of drug-likeness (QED) is 0.620. The van der Waals surface area contributed by atoms with Gasteiger partial charge in [-0.3, -0.25) is 0 Å². The van der Waals surface area contributed by atoms with Crippen LogP contribution in [-0.2, 0) is 0 Å². The van der Waals surface area contributed by atoms with E-state index in [4.69, 9.17) is 0 Å². The smallest absolute Gasteiger partial charge is 0.0656 e. The second-order valence-electron chi connectivity index (χ2n) is 6.46. The molecule has 0 atom stereocenters. The molecule has 0 bridgehead atoms. The Bertz CT molecular complexity index is 331. The van der Waals surface area contributed by atoms with E-state index in [-0.39, 0.29) is 0 Å². The Balaban J connectivity index is 3.11. The number of allylic oxidation sites excluding steroid dienone is 8. The fourth-order valence-corrected chi connectivity index (χ4v) is 3.97. The molecule has 0 N–H and O–H groups in total. The zero-order chi connectivity index (χ0) is 12.4. The maximum atomic E-state index is 2.40. The van der Waals surface area contributed by atoms with E-state index in [1.165, 1.54) is 10.4 Å². The first-order chi connectivity index (χ1) is 7.21. The summed E-state index contributed by atoms with van der Waals surface area (Å²) in [5.74, 6) is 0. The van der Waals surface area contributed by atoms with E-state index in [1.807, 2.05) is 0 Å². The van der Waals surface area contributed by atoms with Gasteiger partial charge in [-0.05, 0) is 0 Å². The van der Waals surface area contributed by atoms with Gasteiger partial charge in [-0.1, -0.05) is 86.1 Å². The van der Waals surface area contributed by atoms with E-state index in [0.29, 0.717) is 0 Å². The molecular weight excluding hydrogens is 224 g/mol. The van der Waals surface area contributed by atoms with E-state index in [1.54, 1.807) is 0 Å². The zero-order valence-corrected chi connectivity index (χ0v) is 13.5. The van der Waals surface area contributed by atoms with Crippen molar-refractivity contribution < 1.29 is 0 Å².